The van der Waals surface area contributed by atoms with Crippen molar-refractivity contribution in [1.29, 1.82) is 0 Å². The van der Waals surface area contributed by atoms with Gasteiger partial charge in [0.2, 0.25) is 0 Å². The van der Waals surface area contributed by atoms with Crippen LogP contribution in [-0.4, -0.2) is 39.7 Å². The number of carbonyl (C=O) groups is 2. The van der Waals surface area contributed by atoms with E-state index < -0.39 is 6.09 Å². The highest BCUT2D eigenvalue weighted by Gasteiger charge is 2.27. The SMILES string of the molecule is CC(C)CC(=O)c1cnc2ccc(-c3cc(Cl)c(O)c(Cl)c3)cc2c1N[C@H]1CC[C@H](OC(=O)NC(C)(C)C)CC1. The third kappa shape index (κ3) is 7.38. The smallest absolute Gasteiger partial charge is 0.407 e. The zero-order valence-corrected chi connectivity index (χ0v) is 25.1. The van der Waals surface area contributed by atoms with Gasteiger partial charge in [-0.1, -0.05) is 43.1 Å². The second-order valence-corrected chi connectivity index (χ2v) is 12.8. The molecule has 1 amide bonds. The molecule has 1 saturated carbocycles. The first-order valence-electron chi connectivity index (χ1n) is 13.7. The van der Waals surface area contributed by atoms with Crippen molar-refractivity contribution >= 4 is 51.7 Å². The molecule has 1 heterocycles. The minimum atomic E-state index is -0.396. The Morgan fingerprint density at radius 2 is 1.70 bits per heavy atom. The molecule has 1 aromatic heterocycles. The van der Waals surface area contributed by atoms with Gasteiger partial charge in [0.15, 0.2) is 11.5 Å². The van der Waals surface area contributed by atoms with Crippen LogP contribution in [0.3, 0.4) is 0 Å². The fraction of sp³-hybridized carbons (Fsp3) is 0.452. The van der Waals surface area contributed by atoms with Crippen LogP contribution in [0.4, 0.5) is 10.5 Å². The topological polar surface area (TPSA) is 101 Å². The third-order valence-corrected chi connectivity index (χ3v) is 7.46. The summed E-state index contributed by atoms with van der Waals surface area (Å²) in [6.07, 6.45) is 4.56. The Hall–Kier alpha value is -3.03. The monoisotopic (exact) mass is 585 g/mol. The number of nitrogens with zero attached hydrogens (tertiary/aromatic N) is 1. The summed E-state index contributed by atoms with van der Waals surface area (Å²) >= 11 is 12.4. The van der Waals surface area contributed by atoms with E-state index in [0.717, 1.165) is 53.4 Å². The van der Waals surface area contributed by atoms with Gasteiger partial charge in [0.25, 0.3) is 0 Å². The molecule has 3 N–H and O–H groups in total. The maximum absolute atomic E-state index is 13.3. The van der Waals surface area contributed by atoms with Crippen molar-refractivity contribution in [2.45, 2.75) is 84.4 Å². The van der Waals surface area contributed by atoms with Gasteiger partial charge in [0.1, 0.15) is 6.10 Å². The molecular formula is C31H37Cl2N3O4. The number of carbonyl (C=O) groups excluding carboxylic acids is 2. The van der Waals surface area contributed by atoms with Crippen molar-refractivity contribution in [2.75, 3.05) is 5.32 Å². The summed E-state index contributed by atoms with van der Waals surface area (Å²) in [4.78, 5) is 30.2. The number of aromatic nitrogens is 1. The Labute approximate surface area is 245 Å². The molecule has 0 saturated heterocycles. The standard InChI is InChI=1S/C31H37Cl2N3O4/c1-17(2)12-27(37)23-16-34-26-11-6-18(19-14-24(32)29(38)25(33)15-19)13-22(26)28(23)35-20-7-9-21(10-8-20)40-30(39)36-31(3,4)5/h6,11,13-17,20-21,38H,7-10,12H2,1-5H3,(H,34,35)(H,36,39)/t20-,21-. The average molecular weight is 587 g/mol. The third-order valence-electron chi connectivity index (χ3n) is 6.89. The second-order valence-electron chi connectivity index (χ2n) is 12.0. The number of ketones is 1. The van der Waals surface area contributed by atoms with Gasteiger partial charge in [-0.05, 0) is 87.8 Å². The molecule has 214 valence electrons. The second kappa shape index (κ2) is 12.2. The van der Waals surface area contributed by atoms with Crippen LogP contribution in [0.2, 0.25) is 10.0 Å². The summed E-state index contributed by atoms with van der Waals surface area (Å²) in [5, 5.41) is 17.7. The fourth-order valence-electron chi connectivity index (χ4n) is 4.97. The Balaban J connectivity index is 1.64. The first kappa shape index (κ1) is 29.9. The Kier molecular flexibility index (Phi) is 9.16. The van der Waals surface area contributed by atoms with Crippen molar-refractivity contribution in [3.8, 4) is 16.9 Å². The molecule has 2 aromatic carbocycles. The largest absolute Gasteiger partial charge is 0.505 e. The number of phenols is 1. The number of hydrogen-bond donors (Lipinski definition) is 3. The van der Waals surface area contributed by atoms with Gasteiger partial charge < -0.3 is 20.5 Å². The molecule has 1 aliphatic rings. The molecule has 0 radical (unpaired) electrons. The summed E-state index contributed by atoms with van der Waals surface area (Å²) < 4.78 is 5.65. The maximum atomic E-state index is 13.3. The minimum absolute atomic E-state index is 0.0314. The number of rotatable bonds is 7. The highest BCUT2D eigenvalue weighted by molar-refractivity contribution is 6.37. The normalized spacial score (nSPS) is 17.6. The predicted octanol–water partition coefficient (Wildman–Crippen LogP) is 8.39. The Morgan fingerprint density at radius 3 is 2.30 bits per heavy atom. The molecule has 0 bridgehead atoms. The Bertz CT molecular complexity index is 1390. The number of anilines is 1. The number of alkyl carbamates (subject to hydrolysis) is 1. The predicted molar refractivity (Wildman–Crippen MR) is 162 cm³/mol. The van der Waals surface area contributed by atoms with Gasteiger partial charge in [-0.3, -0.25) is 9.78 Å². The van der Waals surface area contributed by atoms with Crippen LogP contribution < -0.4 is 10.6 Å². The minimum Gasteiger partial charge on any atom is -0.505 e. The van der Waals surface area contributed by atoms with Crippen LogP contribution in [0, 0.1) is 5.92 Å². The number of benzene rings is 2. The summed E-state index contributed by atoms with van der Waals surface area (Å²) in [5.41, 5.74) is 3.28. The van der Waals surface area contributed by atoms with Crippen LogP contribution in [0.15, 0.2) is 36.5 Å². The van der Waals surface area contributed by atoms with E-state index in [9.17, 15) is 14.7 Å². The van der Waals surface area contributed by atoms with Crippen molar-refractivity contribution in [3.05, 3.63) is 52.1 Å². The molecule has 40 heavy (non-hydrogen) atoms. The molecular weight excluding hydrogens is 549 g/mol. The molecule has 0 unspecified atom stereocenters. The lowest BCUT2D eigenvalue weighted by molar-refractivity contribution is 0.0681. The summed E-state index contributed by atoms with van der Waals surface area (Å²) in [6.45, 7) is 9.80. The van der Waals surface area contributed by atoms with E-state index >= 15 is 0 Å². The molecule has 0 spiro atoms. The van der Waals surface area contributed by atoms with E-state index in [1.165, 1.54) is 0 Å². The zero-order valence-electron chi connectivity index (χ0n) is 23.6. The molecule has 0 aliphatic heterocycles. The van der Waals surface area contributed by atoms with Crippen molar-refractivity contribution in [3.63, 3.8) is 0 Å². The summed E-state index contributed by atoms with van der Waals surface area (Å²) in [7, 11) is 0. The van der Waals surface area contributed by atoms with Gasteiger partial charge in [0, 0.05) is 29.6 Å². The molecule has 1 aliphatic carbocycles. The number of ether oxygens (including phenoxy) is 1. The van der Waals surface area contributed by atoms with E-state index in [1.54, 1.807) is 18.3 Å². The van der Waals surface area contributed by atoms with Crippen LogP contribution >= 0.6 is 23.2 Å². The summed E-state index contributed by atoms with van der Waals surface area (Å²) in [5.74, 6) is 0.0772. The maximum Gasteiger partial charge on any atom is 0.407 e. The van der Waals surface area contributed by atoms with E-state index in [0.29, 0.717) is 12.0 Å². The first-order chi connectivity index (χ1) is 18.8. The fourth-order valence-corrected chi connectivity index (χ4v) is 5.46. The molecule has 0 atom stereocenters. The number of hydrogen-bond acceptors (Lipinski definition) is 6. The Morgan fingerprint density at radius 1 is 1.05 bits per heavy atom. The number of pyridine rings is 1. The van der Waals surface area contributed by atoms with Crippen LogP contribution in [-0.2, 0) is 4.74 Å². The molecule has 4 rings (SSSR count). The average Bonchev–Trinajstić information content (AvgIpc) is 2.86. The van der Waals surface area contributed by atoms with E-state index in [4.69, 9.17) is 27.9 Å². The van der Waals surface area contributed by atoms with E-state index in [1.807, 2.05) is 52.8 Å². The zero-order chi connectivity index (χ0) is 29.2. The molecule has 9 heteroatoms. The van der Waals surface area contributed by atoms with Crippen molar-refractivity contribution in [1.82, 2.24) is 10.3 Å². The molecule has 7 nitrogen and oxygen atoms in total. The number of phenolic OH excluding ortho intramolecular Hbond substituents is 1. The van der Waals surface area contributed by atoms with Crippen LogP contribution in [0.25, 0.3) is 22.0 Å². The van der Waals surface area contributed by atoms with Gasteiger partial charge in [-0.25, -0.2) is 4.79 Å². The highest BCUT2D eigenvalue weighted by Crippen LogP contribution is 2.39. The number of nitrogens with one attached hydrogen (secondary N) is 2. The number of fused-ring (bicyclic) bond motifs is 1. The van der Waals surface area contributed by atoms with Crippen molar-refractivity contribution in [2.24, 2.45) is 5.92 Å². The van der Waals surface area contributed by atoms with Gasteiger partial charge >= 0.3 is 6.09 Å². The highest BCUT2D eigenvalue weighted by atomic mass is 35.5. The van der Waals surface area contributed by atoms with Crippen molar-refractivity contribution < 1.29 is 19.4 Å². The quantitative estimate of drug-likeness (QED) is 0.241. The lowest BCUT2D eigenvalue weighted by atomic mass is 9.91. The molecule has 1 fully saturated rings. The number of halogens is 2. The number of Topliss-reactive ketones (excluding diaryl/α,β-unsaturated/α-hetero) is 1. The summed E-state index contributed by atoms with van der Waals surface area (Å²) in [6, 6.07) is 9.22. The lowest BCUT2D eigenvalue weighted by Crippen LogP contribution is -2.43. The van der Waals surface area contributed by atoms with Gasteiger partial charge in [-0.15, -0.1) is 0 Å². The van der Waals surface area contributed by atoms with Gasteiger partial charge in [0.05, 0.1) is 26.8 Å². The number of aromatic hydroxyl groups is 1. The van der Waals surface area contributed by atoms with Gasteiger partial charge in [-0.2, -0.15) is 0 Å². The van der Waals surface area contributed by atoms with Crippen LogP contribution in [0.1, 0.15) is 77.1 Å². The van der Waals surface area contributed by atoms with E-state index in [-0.39, 0.29) is 45.2 Å². The molecule has 3 aromatic rings. The van der Waals surface area contributed by atoms with Crippen LogP contribution in [0.5, 0.6) is 5.75 Å². The lowest BCUT2D eigenvalue weighted by Gasteiger charge is -2.31. The number of amides is 1. The first-order valence-corrected chi connectivity index (χ1v) is 14.5. The van der Waals surface area contributed by atoms with E-state index in [2.05, 4.69) is 15.6 Å².